The summed E-state index contributed by atoms with van der Waals surface area (Å²) in [7, 11) is 0. The second-order valence-electron chi connectivity index (χ2n) is 7.87. The van der Waals surface area contributed by atoms with Gasteiger partial charge in [0.2, 0.25) is 5.91 Å². The maximum absolute atomic E-state index is 12.5. The lowest BCUT2D eigenvalue weighted by atomic mass is 9.84. The Morgan fingerprint density at radius 3 is 2.78 bits per heavy atom. The molecule has 1 saturated heterocycles. The molecule has 1 amide bonds. The minimum atomic E-state index is -0.714. The molecular formula is C20H26ClN3O3. The van der Waals surface area contributed by atoms with E-state index in [4.69, 9.17) is 16.0 Å². The number of aliphatic hydroxyl groups is 1. The molecule has 7 heteroatoms. The number of benzene rings is 1. The number of aromatic nitrogens is 1. The Balaban J connectivity index is 1.30. The quantitative estimate of drug-likeness (QED) is 0.833. The van der Waals surface area contributed by atoms with Crippen LogP contribution in [0.25, 0.3) is 11.1 Å². The number of hydrogen-bond acceptors (Lipinski definition) is 5. The predicted octanol–water partition coefficient (Wildman–Crippen LogP) is 3.51. The minimum Gasteiger partial charge on any atom is -0.423 e. The molecule has 0 unspecified atom stereocenters. The number of anilines is 1. The van der Waals surface area contributed by atoms with Gasteiger partial charge >= 0.3 is 0 Å². The number of carbonyl (C=O) groups excluding carboxylic acids is 1. The van der Waals surface area contributed by atoms with Gasteiger partial charge in [-0.2, -0.15) is 4.98 Å². The second-order valence-corrected chi connectivity index (χ2v) is 8.31. The first-order chi connectivity index (χ1) is 13.0. The van der Waals surface area contributed by atoms with E-state index in [-0.39, 0.29) is 11.8 Å². The molecule has 1 aromatic carbocycles. The summed E-state index contributed by atoms with van der Waals surface area (Å²) in [6.07, 6.45) is 6.34. The van der Waals surface area contributed by atoms with Crippen LogP contribution in [0.3, 0.4) is 0 Å². The molecule has 0 bridgehead atoms. The lowest BCUT2D eigenvalue weighted by Crippen LogP contribution is -2.47. The Morgan fingerprint density at radius 2 is 2.04 bits per heavy atom. The number of carbonyl (C=O) groups is 1. The molecule has 27 heavy (non-hydrogen) atoms. The molecule has 1 saturated carbocycles. The summed E-state index contributed by atoms with van der Waals surface area (Å²) in [5, 5.41) is 14.2. The molecule has 0 atom stereocenters. The Labute approximate surface area is 163 Å². The van der Waals surface area contributed by atoms with E-state index >= 15 is 0 Å². The number of nitrogens with one attached hydrogen (secondary N) is 1. The molecule has 1 aliphatic carbocycles. The molecule has 2 heterocycles. The van der Waals surface area contributed by atoms with E-state index in [9.17, 15) is 9.90 Å². The van der Waals surface area contributed by atoms with Crippen molar-refractivity contribution in [3.05, 3.63) is 23.2 Å². The summed E-state index contributed by atoms with van der Waals surface area (Å²) in [4.78, 5) is 19.1. The standard InChI is InChI=1S/C20H26ClN3O3/c21-15-4-5-16-17(12-15)27-19(23-16)24-10-6-14(7-11-24)18(25)22-13-20(26)8-2-1-3-9-20/h4-5,12,14,26H,1-3,6-11,13H2,(H,22,25). The van der Waals surface area contributed by atoms with E-state index in [2.05, 4.69) is 15.2 Å². The van der Waals surface area contributed by atoms with E-state index in [1.165, 1.54) is 6.42 Å². The molecule has 1 aliphatic heterocycles. The van der Waals surface area contributed by atoms with Gasteiger partial charge in [-0.15, -0.1) is 0 Å². The summed E-state index contributed by atoms with van der Waals surface area (Å²) in [6, 6.07) is 6.00. The molecule has 6 nitrogen and oxygen atoms in total. The van der Waals surface area contributed by atoms with Gasteiger partial charge in [0.1, 0.15) is 5.52 Å². The Kier molecular flexibility index (Phi) is 5.28. The van der Waals surface area contributed by atoms with Gasteiger partial charge in [-0.1, -0.05) is 30.9 Å². The van der Waals surface area contributed by atoms with Crippen LogP contribution in [-0.2, 0) is 4.79 Å². The molecule has 2 aromatic rings. The van der Waals surface area contributed by atoms with Crippen LogP contribution >= 0.6 is 11.6 Å². The monoisotopic (exact) mass is 391 g/mol. The Hall–Kier alpha value is -1.79. The average Bonchev–Trinajstić information content (AvgIpc) is 3.10. The van der Waals surface area contributed by atoms with Crippen molar-refractivity contribution in [2.45, 2.75) is 50.5 Å². The Bertz CT molecular complexity index is 808. The van der Waals surface area contributed by atoms with Gasteiger partial charge < -0.3 is 19.7 Å². The van der Waals surface area contributed by atoms with Crippen LogP contribution in [0, 0.1) is 5.92 Å². The van der Waals surface area contributed by atoms with Gasteiger partial charge in [-0.25, -0.2) is 0 Å². The van der Waals surface area contributed by atoms with Crippen molar-refractivity contribution in [2.24, 2.45) is 5.92 Å². The van der Waals surface area contributed by atoms with Crippen LogP contribution in [0.4, 0.5) is 6.01 Å². The molecule has 4 rings (SSSR count). The van der Waals surface area contributed by atoms with E-state index in [0.717, 1.165) is 57.1 Å². The summed E-state index contributed by atoms with van der Waals surface area (Å²) < 4.78 is 5.82. The van der Waals surface area contributed by atoms with E-state index in [1.54, 1.807) is 12.1 Å². The van der Waals surface area contributed by atoms with Gasteiger partial charge in [0, 0.05) is 36.6 Å². The number of rotatable bonds is 4. The maximum Gasteiger partial charge on any atom is 0.298 e. The number of halogens is 1. The number of piperidine rings is 1. The minimum absolute atomic E-state index is 0.0211. The van der Waals surface area contributed by atoms with Crippen LogP contribution in [0.2, 0.25) is 5.02 Å². The van der Waals surface area contributed by atoms with E-state index in [1.807, 2.05) is 6.07 Å². The predicted molar refractivity (Wildman–Crippen MR) is 105 cm³/mol. The normalized spacial score (nSPS) is 20.7. The van der Waals surface area contributed by atoms with Crippen LogP contribution in [0.15, 0.2) is 22.6 Å². The van der Waals surface area contributed by atoms with Crippen molar-refractivity contribution in [3.63, 3.8) is 0 Å². The largest absolute Gasteiger partial charge is 0.423 e. The highest BCUT2D eigenvalue weighted by Gasteiger charge is 2.32. The SMILES string of the molecule is O=C(NCC1(O)CCCCC1)C1CCN(c2nc3ccc(Cl)cc3o2)CC1. The lowest BCUT2D eigenvalue weighted by Gasteiger charge is -2.34. The summed E-state index contributed by atoms with van der Waals surface area (Å²) >= 11 is 6.00. The number of oxazole rings is 1. The molecule has 146 valence electrons. The van der Waals surface area contributed by atoms with Gasteiger partial charge in [0.05, 0.1) is 5.60 Å². The zero-order valence-electron chi connectivity index (χ0n) is 15.4. The smallest absolute Gasteiger partial charge is 0.298 e. The third kappa shape index (κ3) is 4.22. The summed E-state index contributed by atoms with van der Waals surface area (Å²) in [6.45, 7) is 1.82. The molecule has 2 aliphatic rings. The summed E-state index contributed by atoms with van der Waals surface area (Å²) in [5.74, 6) is 0.0326. The highest BCUT2D eigenvalue weighted by atomic mass is 35.5. The van der Waals surface area contributed by atoms with Crippen LogP contribution in [0.5, 0.6) is 0 Å². The first kappa shape index (κ1) is 18.6. The Morgan fingerprint density at radius 1 is 1.30 bits per heavy atom. The number of amides is 1. The fourth-order valence-corrected chi connectivity index (χ4v) is 4.30. The molecule has 2 fully saturated rings. The highest BCUT2D eigenvalue weighted by Crippen LogP contribution is 2.29. The molecule has 0 spiro atoms. The van der Waals surface area contributed by atoms with Crippen LogP contribution < -0.4 is 10.2 Å². The zero-order valence-corrected chi connectivity index (χ0v) is 16.2. The van der Waals surface area contributed by atoms with Crippen molar-refractivity contribution in [2.75, 3.05) is 24.5 Å². The molecule has 2 N–H and O–H groups in total. The van der Waals surface area contributed by atoms with Gasteiger partial charge in [-0.3, -0.25) is 4.79 Å². The third-order valence-corrected chi connectivity index (χ3v) is 6.09. The third-order valence-electron chi connectivity index (χ3n) is 5.85. The zero-order chi connectivity index (χ0) is 18.9. The maximum atomic E-state index is 12.5. The van der Waals surface area contributed by atoms with Gasteiger partial charge in [-0.05, 0) is 37.8 Å². The van der Waals surface area contributed by atoms with Crippen molar-refractivity contribution in [3.8, 4) is 0 Å². The van der Waals surface area contributed by atoms with Crippen molar-refractivity contribution in [1.82, 2.24) is 10.3 Å². The van der Waals surface area contributed by atoms with Crippen molar-refractivity contribution >= 4 is 34.6 Å². The van der Waals surface area contributed by atoms with Gasteiger partial charge in [0.15, 0.2) is 5.58 Å². The fraction of sp³-hybridized carbons (Fsp3) is 0.600. The number of fused-ring (bicyclic) bond motifs is 1. The number of nitrogens with zero attached hydrogens (tertiary/aromatic N) is 2. The van der Waals surface area contributed by atoms with Crippen molar-refractivity contribution in [1.29, 1.82) is 0 Å². The molecular weight excluding hydrogens is 366 g/mol. The van der Waals surface area contributed by atoms with Crippen molar-refractivity contribution < 1.29 is 14.3 Å². The first-order valence-corrected chi connectivity index (χ1v) is 10.2. The molecule has 0 radical (unpaired) electrons. The second kappa shape index (κ2) is 7.68. The van der Waals surface area contributed by atoms with Crippen LogP contribution in [0.1, 0.15) is 44.9 Å². The summed E-state index contributed by atoms with van der Waals surface area (Å²) in [5.41, 5.74) is 0.752. The highest BCUT2D eigenvalue weighted by molar-refractivity contribution is 6.31. The average molecular weight is 392 g/mol. The lowest BCUT2D eigenvalue weighted by molar-refractivity contribution is -0.127. The molecule has 1 aromatic heterocycles. The van der Waals surface area contributed by atoms with E-state index in [0.29, 0.717) is 23.2 Å². The van der Waals surface area contributed by atoms with Crippen LogP contribution in [-0.4, -0.2) is 41.2 Å². The van der Waals surface area contributed by atoms with E-state index < -0.39 is 5.60 Å². The number of hydrogen-bond donors (Lipinski definition) is 2. The first-order valence-electron chi connectivity index (χ1n) is 9.84. The topological polar surface area (TPSA) is 78.6 Å². The fourth-order valence-electron chi connectivity index (χ4n) is 4.14. The van der Waals surface area contributed by atoms with Gasteiger partial charge in [0.25, 0.3) is 6.01 Å².